The van der Waals surface area contributed by atoms with Crippen LogP contribution in [0.25, 0.3) is 11.1 Å². The van der Waals surface area contributed by atoms with E-state index in [4.69, 9.17) is 0 Å². The molecule has 3 amide bonds. The Bertz CT molecular complexity index is 1210. The van der Waals surface area contributed by atoms with Gasteiger partial charge >= 0.3 is 0 Å². The minimum Gasteiger partial charge on any atom is -0.353 e. The first-order chi connectivity index (χ1) is 16.1. The minimum absolute atomic E-state index is 0.0846. The van der Waals surface area contributed by atoms with Gasteiger partial charge in [0.15, 0.2) is 0 Å². The van der Waals surface area contributed by atoms with E-state index in [0.29, 0.717) is 25.2 Å². The van der Waals surface area contributed by atoms with E-state index in [1.807, 2.05) is 78.9 Å². The minimum atomic E-state index is -0.631. The maximum Gasteiger partial charge on any atom is 0.243 e. The van der Waals surface area contributed by atoms with Crippen LogP contribution in [-0.4, -0.2) is 41.8 Å². The summed E-state index contributed by atoms with van der Waals surface area (Å²) in [4.78, 5) is 40.7. The van der Waals surface area contributed by atoms with Gasteiger partial charge in [-0.05, 0) is 28.3 Å². The van der Waals surface area contributed by atoms with E-state index in [2.05, 4.69) is 10.6 Å². The molecule has 2 heterocycles. The number of amides is 3. The molecular weight excluding hydrogens is 414 g/mol. The highest BCUT2D eigenvalue weighted by Gasteiger charge is 2.39. The fraction of sp³-hybridized carbons (Fsp3) is 0.222. The second-order valence-electron chi connectivity index (χ2n) is 8.46. The molecule has 0 aliphatic carbocycles. The molecule has 1 fully saturated rings. The third kappa shape index (κ3) is 4.12. The fourth-order valence-corrected chi connectivity index (χ4v) is 4.82. The average molecular weight is 440 g/mol. The average Bonchev–Trinajstić information content (AvgIpc) is 2.85. The van der Waals surface area contributed by atoms with Crippen LogP contribution in [-0.2, 0) is 20.8 Å². The number of fused-ring (bicyclic) bond motifs is 1. The summed E-state index contributed by atoms with van der Waals surface area (Å²) in [6.45, 7) is 0.824. The number of carbonyl (C=O) groups excluding carboxylic acids is 3. The van der Waals surface area contributed by atoms with Crippen molar-refractivity contribution in [1.82, 2.24) is 10.2 Å². The van der Waals surface area contributed by atoms with Crippen LogP contribution in [0.3, 0.4) is 0 Å². The summed E-state index contributed by atoms with van der Waals surface area (Å²) >= 11 is 0. The molecule has 0 bridgehead atoms. The number of carbonyl (C=O) groups is 3. The lowest BCUT2D eigenvalue weighted by Gasteiger charge is -2.38. The molecule has 0 unspecified atom stereocenters. The van der Waals surface area contributed by atoms with Crippen molar-refractivity contribution < 1.29 is 14.4 Å². The molecular formula is C27H25N3O3. The number of piperazine rings is 1. The topological polar surface area (TPSA) is 78.5 Å². The van der Waals surface area contributed by atoms with Crippen molar-refractivity contribution in [3.63, 3.8) is 0 Å². The van der Waals surface area contributed by atoms with Crippen LogP contribution in [0, 0.1) is 0 Å². The predicted octanol–water partition coefficient (Wildman–Crippen LogP) is 3.35. The molecule has 6 nitrogen and oxygen atoms in total. The molecule has 33 heavy (non-hydrogen) atoms. The Hall–Kier alpha value is -3.93. The molecule has 6 heteroatoms. The van der Waals surface area contributed by atoms with E-state index in [9.17, 15) is 14.4 Å². The molecule has 2 aliphatic rings. The molecule has 2 N–H and O–H groups in total. The quantitative estimate of drug-likeness (QED) is 0.655. The Morgan fingerprint density at radius 3 is 2.48 bits per heavy atom. The molecule has 1 saturated heterocycles. The molecule has 3 aromatic rings. The third-order valence-electron chi connectivity index (χ3n) is 6.43. The summed E-state index contributed by atoms with van der Waals surface area (Å²) in [5, 5.41) is 5.76. The molecule has 2 aliphatic heterocycles. The molecule has 0 aromatic heterocycles. The van der Waals surface area contributed by atoms with Crippen LogP contribution < -0.4 is 10.6 Å². The smallest absolute Gasteiger partial charge is 0.243 e. The number of rotatable bonds is 4. The molecule has 5 rings (SSSR count). The van der Waals surface area contributed by atoms with Crippen LogP contribution >= 0.6 is 0 Å². The van der Waals surface area contributed by atoms with Crippen molar-refractivity contribution in [1.29, 1.82) is 0 Å². The first-order valence-corrected chi connectivity index (χ1v) is 11.2. The van der Waals surface area contributed by atoms with Crippen LogP contribution in [0.4, 0.5) is 5.69 Å². The molecule has 166 valence electrons. The van der Waals surface area contributed by atoms with E-state index in [1.54, 1.807) is 4.90 Å². The second-order valence-corrected chi connectivity index (χ2v) is 8.46. The normalized spacial score (nSPS) is 19.9. The van der Waals surface area contributed by atoms with Crippen LogP contribution in [0.5, 0.6) is 0 Å². The molecule has 0 radical (unpaired) electrons. The molecule has 0 saturated carbocycles. The van der Waals surface area contributed by atoms with Crippen molar-refractivity contribution >= 4 is 23.4 Å². The van der Waals surface area contributed by atoms with Gasteiger partial charge in [0.2, 0.25) is 17.7 Å². The molecule has 3 aromatic carbocycles. The summed E-state index contributed by atoms with van der Waals surface area (Å²) in [5.41, 5.74) is 4.59. The highest BCUT2D eigenvalue weighted by Crippen LogP contribution is 2.34. The highest BCUT2D eigenvalue weighted by atomic mass is 16.2. The number of para-hydroxylation sites is 1. The van der Waals surface area contributed by atoms with Gasteiger partial charge in [-0.2, -0.15) is 0 Å². The van der Waals surface area contributed by atoms with Crippen LogP contribution in [0.1, 0.15) is 23.5 Å². The lowest BCUT2D eigenvalue weighted by molar-refractivity contribution is -0.145. The van der Waals surface area contributed by atoms with Gasteiger partial charge in [-0.1, -0.05) is 72.8 Å². The first-order valence-electron chi connectivity index (χ1n) is 11.2. The largest absolute Gasteiger partial charge is 0.353 e. The van der Waals surface area contributed by atoms with Crippen LogP contribution in [0.2, 0.25) is 0 Å². The summed E-state index contributed by atoms with van der Waals surface area (Å²) in [7, 11) is 0. The van der Waals surface area contributed by atoms with Gasteiger partial charge in [0, 0.05) is 31.6 Å². The van der Waals surface area contributed by atoms with Gasteiger partial charge in [0.1, 0.15) is 6.04 Å². The van der Waals surface area contributed by atoms with Gasteiger partial charge < -0.3 is 15.5 Å². The lowest BCUT2D eigenvalue weighted by atomic mass is 9.87. The second kappa shape index (κ2) is 8.90. The molecule has 2 atom stereocenters. The maximum atomic E-state index is 13.7. The number of nitrogens with zero attached hydrogens (tertiary/aromatic N) is 1. The summed E-state index contributed by atoms with van der Waals surface area (Å²) in [5.74, 6) is -1.10. The summed E-state index contributed by atoms with van der Waals surface area (Å²) in [6, 6.07) is 24.8. The Labute approximate surface area is 192 Å². The predicted molar refractivity (Wildman–Crippen MR) is 127 cm³/mol. The summed E-state index contributed by atoms with van der Waals surface area (Å²) in [6.07, 6.45) is 0.491. The Morgan fingerprint density at radius 2 is 1.64 bits per heavy atom. The summed E-state index contributed by atoms with van der Waals surface area (Å²) < 4.78 is 0. The Morgan fingerprint density at radius 1 is 0.909 bits per heavy atom. The van der Waals surface area contributed by atoms with Crippen molar-refractivity contribution in [2.45, 2.75) is 24.8 Å². The number of benzene rings is 3. The first kappa shape index (κ1) is 20.9. The van der Waals surface area contributed by atoms with E-state index in [-0.39, 0.29) is 24.1 Å². The lowest BCUT2D eigenvalue weighted by Crippen LogP contribution is -2.59. The monoisotopic (exact) mass is 439 g/mol. The number of anilines is 1. The number of hydrogen-bond donors (Lipinski definition) is 2. The van der Waals surface area contributed by atoms with Gasteiger partial charge in [0.25, 0.3) is 0 Å². The number of nitrogens with one attached hydrogen (secondary N) is 2. The fourth-order valence-electron chi connectivity index (χ4n) is 4.82. The van der Waals surface area contributed by atoms with E-state index >= 15 is 0 Å². The van der Waals surface area contributed by atoms with Crippen molar-refractivity contribution in [2.75, 3.05) is 18.4 Å². The maximum absolute atomic E-state index is 13.7. The Kier molecular flexibility index (Phi) is 5.65. The van der Waals surface area contributed by atoms with E-state index < -0.39 is 12.0 Å². The zero-order valence-electron chi connectivity index (χ0n) is 18.2. The van der Waals surface area contributed by atoms with Crippen molar-refractivity contribution in [3.8, 4) is 11.1 Å². The zero-order valence-corrected chi connectivity index (χ0v) is 18.2. The zero-order chi connectivity index (χ0) is 22.8. The molecule has 0 spiro atoms. The van der Waals surface area contributed by atoms with Crippen molar-refractivity contribution in [3.05, 3.63) is 90.0 Å². The van der Waals surface area contributed by atoms with Crippen molar-refractivity contribution in [2.24, 2.45) is 0 Å². The van der Waals surface area contributed by atoms with Crippen LogP contribution in [0.15, 0.2) is 78.9 Å². The van der Waals surface area contributed by atoms with Gasteiger partial charge in [0.05, 0.1) is 5.92 Å². The number of hydrogen-bond acceptors (Lipinski definition) is 3. The third-order valence-corrected chi connectivity index (χ3v) is 6.43. The van der Waals surface area contributed by atoms with Gasteiger partial charge in [-0.25, -0.2) is 0 Å². The van der Waals surface area contributed by atoms with Gasteiger partial charge in [-0.15, -0.1) is 0 Å². The van der Waals surface area contributed by atoms with E-state index in [0.717, 1.165) is 22.3 Å². The highest BCUT2D eigenvalue weighted by molar-refractivity contribution is 6.02. The Balaban J connectivity index is 1.47. The standard InChI is InChI=1S/C27H25N3O3/c31-25-17-22(21-12-6-7-13-23(21)29-25)27(33)30-15-14-28-26(32)24(30)16-19-10-4-5-11-20(19)18-8-2-1-3-9-18/h1-13,22,24H,14-17H2,(H,28,32)(H,29,31)/t22-,24-/m0/s1. The van der Waals surface area contributed by atoms with E-state index in [1.165, 1.54) is 0 Å². The SMILES string of the molecule is O=C1C[C@H](C(=O)N2CCNC(=O)[C@@H]2Cc2ccccc2-c2ccccc2)c2ccccc2N1. The van der Waals surface area contributed by atoms with Gasteiger partial charge in [-0.3, -0.25) is 14.4 Å².